The van der Waals surface area contributed by atoms with Crippen molar-refractivity contribution in [2.75, 3.05) is 6.54 Å². The van der Waals surface area contributed by atoms with Crippen LogP contribution in [0.25, 0.3) is 0 Å². The van der Waals surface area contributed by atoms with Crippen molar-refractivity contribution in [2.45, 2.75) is 72.6 Å². The van der Waals surface area contributed by atoms with Gasteiger partial charge in [-0.15, -0.1) is 0 Å². The lowest BCUT2D eigenvalue weighted by atomic mass is 9.84. The zero-order chi connectivity index (χ0) is 15.6. The SMILES string of the molecule is CCCCC(CC)C(=O)NCCC(C)(C)CCC(=O)O. The Morgan fingerprint density at radius 3 is 2.35 bits per heavy atom. The molecule has 0 aliphatic carbocycles. The summed E-state index contributed by atoms with van der Waals surface area (Å²) in [6, 6.07) is 0. The van der Waals surface area contributed by atoms with Crippen LogP contribution in [0.4, 0.5) is 0 Å². The van der Waals surface area contributed by atoms with E-state index < -0.39 is 5.97 Å². The first kappa shape index (κ1) is 18.9. The fourth-order valence-electron chi connectivity index (χ4n) is 2.21. The predicted molar refractivity (Wildman–Crippen MR) is 81.6 cm³/mol. The standard InChI is InChI=1S/C16H31NO3/c1-5-7-8-13(6-2)15(20)17-12-11-16(3,4)10-9-14(18)19/h13H,5-12H2,1-4H3,(H,17,20)(H,18,19). The Labute approximate surface area is 123 Å². The van der Waals surface area contributed by atoms with Crippen LogP contribution in [0.15, 0.2) is 0 Å². The first-order chi connectivity index (χ1) is 9.32. The number of carbonyl (C=O) groups is 2. The summed E-state index contributed by atoms with van der Waals surface area (Å²) in [4.78, 5) is 22.6. The highest BCUT2D eigenvalue weighted by atomic mass is 16.4. The molecule has 0 aromatic rings. The molecule has 1 unspecified atom stereocenters. The summed E-state index contributed by atoms with van der Waals surface area (Å²) in [5, 5.41) is 11.7. The molecule has 0 heterocycles. The zero-order valence-corrected chi connectivity index (χ0v) is 13.5. The van der Waals surface area contributed by atoms with Crippen molar-refractivity contribution in [1.82, 2.24) is 5.32 Å². The summed E-state index contributed by atoms with van der Waals surface area (Å²) < 4.78 is 0. The Bertz CT molecular complexity index is 300. The average Bonchev–Trinajstić information content (AvgIpc) is 2.37. The Hall–Kier alpha value is -1.06. The molecule has 0 spiro atoms. The predicted octanol–water partition coefficient (Wildman–Crippen LogP) is 3.60. The van der Waals surface area contributed by atoms with Crippen LogP contribution in [0.3, 0.4) is 0 Å². The molecule has 20 heavy (non-hydrogen) atoms. The maximum absolute atomic E-state index is 12.0. The third kappa shape index (κ3) is 8.94. The molecule has 4 nitrogen and oxygen atoms in total. The van der Waals surface area contributed by atoms with Crippen LogP contribution in [0.2, 0.25) is 0 Å². The van der Waals surface area contributed by atoms with Crippen molar-refractivity contribution in [2.24, 2.45) is 11.3 Å². The van der Waals surface area contributed by atoms with Gasteiger partial charge in [-0.1, -0.05) is 40.5 Å². The minimum Gasteiger partial charge on any atom is -0.481 e. The number of nitrogens with one attached hydrogen (secondary N) is 1. The molecule has 0 rings (SSSR count). The normalized spacial score (nSPS) is 13.0. The first-order valence-corrected chi connectivity index (χ1v) is 7.82. The summed E-state index contributed by atoms with van der Waals surface area (Å²) in [6.07, 6.45) is 5.70. The largest absolute Gasteiger partial charge is 0.481 e. The molecule has 1 amide bonds. The van der Waals surface area contributed by atoms with Crippen molar-refractivity contribution in [3.63, 3.8) is 0 Å². The molecule has 0 saturated carbocycles. The lowest BCUT2D eigenvalue weighted by molar-refractivity contribution is -0.137. The summed E-state index contributed by atoms with van der Waals surface area (Å²) in [5.74, 6) is -0.486. The number of amides is 1. The molecule has 0 fully saturated rings. The van der Waals surface area contributed by atoms with Crippen molar-refractivity contribution in [3.05, 3.63) is 0 Å². The van der Waals surface area contributed by atoms with Crippen LogP contribution >= 0.6 is 0 Å². The lowest BCUT2D eigenvalue weighted by Gasteiger charge is -2.24. The molecule has 0 saturated heterocycles. The van der Waals surface area contributed by atoms with Crippen molar-refractivity contribution in [3.8, 4) is 0 Å². The van der Waals surface area contributed by atoms with E-state index in [4.69, 9.17) is 5.11 Å². The number of rotatable bonds is 11. The number of hydrogen-bond donors (Lipinski definition) is 2. The Balaban J connectivity index is 4.01. The van der Waals surface area contributed by atoms with Gasteiger partial charge in [-0.25, -0.2) is 0 Å². The van der Waals surface area contributed by atoms with Gasteiger partial charge in [-0.2, -0.15) is 0 Å². The molecule has 4 heteroatoms. The second-order valence-corrected chi connectivity index (χ2v) is 6.35. The van der Waals surface area contributed by atoms with E-state index in [2.05, 4.69) is 33.0 Å². The summed E-state index contributed by atoms with van der Waals surface area (Å²) in [5.41, 5.74) is -0.0448. The quantitative estimate of drug-likeness (QED) is 0.609. The van der Waals surface area contributed by atoms with E-state index in [0.717, 1.165) is 32.1 Å². The number of unbranched alkanes of at least 4 members (excludes halogenated alkanes) is 1. The van der Waals surface area contributed by atoms with Gasteiger partial charge in [-0.05, 0) is 31.1 Å². The van der Waals surface area contributed by atoms with Crippen LogP contribution in [0.5, 0.6) is 0 Å². The highest BCUT2D eigenvalue weighted by molar-refractivity contribution is 5.78. The van der Waals surface area contributed by atoms with Crippen LogP contribution in [-0.2, 0) is 9.59 Å². The van der Waals surface area contributed by atoms with Crippen molar-refractivity contribution in [1.29, 1.82) is 0 Å². The van der Waals surface area contributed by atoms with Gasteiger partial charge in [-0.3, -0.25) is 9.59 Å². The zero-order valence-electron chi connectivity index (χ0n) is 13.5. The van der Waals surface area contributed by atoms with E-state index in [0.29, 0.717) is 13.0 Å². The third-order valence-electron chi connectivity index (χ3n) is 3.89. The van der Waals surface area contributed by atoms with Gasteiger partial charge in [0.25, 0.3) is 0 Å². The molecule has 0 aromatic heterocycles. The van der Waals surface area contributed by atoms with Gasteiger partial charge in [0.1, 0.15) is 0 Å². The molecule has 0 aromatic carbocycles. The fraction of sp³-hybridized carbons (Fsp3) is 0.875. The van der Waals surface area contributed by atoms with E-state index in [9.17, 15) is 9.59 Å². The highest BCUT2D eigenvalue weighted by Gasteiger charge is 2.20. The van der Waals surface area contributed by atoms with Crippen LogP contribution in [0, 0.1) is 11.3 Å². The number of carbonyl (C=O) groups excluding carboxylic acids is 1. The number of carboxylic acid groups (broad SMARTS) is 1. The van der Waals surface area contributed by atoms with E-state index in [1.165, 1.54) is 0 Å². The number of hydrogen-bond acceptors (Lipinski definition) is 2. The molecule has 0 radical (unpaired) electrons. The lowest BCUT2D eigenvalue weighted by Crippen LogP contribution is -2.33. The van der Waals surface area contributed by atoms with E-state index in [1.54, 1.807) is 0 Å². The second-order valence-electron chi connectivity index (χ2n) is 6.35. The number of aliphatic carboxylic acids is 1. The van der Waals surface area contributed by atoms with Gasteiger partial charge in [0, 0.05) is 18.9 Å². The van der Waals surface area contributed by atoms with Crippen LogP contribution < -0.4 is 5.32 Å². The third-order valence-corrected chi connectivity index (χ3v) is 3.89. The van der Waals surface area contributed by atoms with Gasteiger partial charge in [0.15, 0.2) is 0 Å². The minimum atomic E-state index is -0.757. The Morgan fingerprint density at radius 2 is 1.85 bits per heavy atom. The average molecular weight is 285 g/mol. The molecule has 1 atom stereocenters. The van der Waals surface area contributed by atoms with E-state index in [-0.39, 0.29) is 23.7 Å². The molecule has 0 bridgehead atoms. The van der Waals surface area contributed by atoms with Gasteiger partial charge in [0.2, 0.25) is 5.91 Å². The van der Waals surface area contributed by atoms with Crippen LogP contribution in [-0.4, -0.2) is 23.5 Å². The van der Waals surface area contributed by atoms with Crippen molar-refractivity contribution < 1.29 is 14.7 Å². The van der Waals surface area contributed by atoms with Gasteiger partial charge < -0.3 is 10.4 Å². The molecular weight excluding hydrogens is 254 g/mol. The smallest absolute Gasteiger partial charge is 0.303 e. The first-order valence-electron chi connectivity index (χ1n) is 7.82. The van der Waals surface area contributed by atoms with E-state index in [1.807, 2.05) is 0 Å². The monoisotopic (exact) mass is 285 g/mol. The minimum absolute atomic E-state index is 0.0448. The molecule has 0 aliphatic rings. The summed E-state index contributed by atoms with van der Waals surface area (Å²) in [7, 11) is 0. The summed E-state index contributed by atoms with van der Waals surface area (Å²) >= 11 is 0. The molecule has 2 N–H and O–H groups in total. The van der Waals surface area contributed by atoms with Crippen molar-refractivity contribution >= 4 is 11.9 Å². The summed E-state index contributed by atoms with van der Waals surface area (Å²) in [6.45, 7) is 8.92. The fourth-order valence-corrected chi connectivity index (χ4v) is 2.21. The topological polar surface area (TPSA) is 66.4 Å². The second kappa shape index (κ2) is 9.78. The molecular formula is C16H31NO3. The Morgan fingerprint density at radius 1 is 1.20 bits per heavy atom. The maximum atomic E-state index is 12.0. The van der Waals surface area contributed by atoms with Gasteiger partial charge >= 0.3 is 5.97 Å². The van der Waals surface area contributed by atoms with Gasteiger partial charge in [0.05, 0.1) is 0 Å². The maximum Gasteiger partial charge on any atom is 0.303 e. The highest BCUT2D eigenvalue weighted by Crippen LogP contribution is 2.26. The number of carboxylic acids is 1. The molecule has 0 aliphatic heterocycles. The molecule has 118 valence electrons. The Kier molecular flexibility index (Phi) is 9.26. The van der Waals surface area contributed by atoms with Crippen LogP contribution in [0.1, 0.15) is 72.6 Å². The van der Waals surface area contributed by atoms with E-state index >= 15 is 0 Å².